The van der Waals surface area contributed by atoms with E-state index in [0.29, 0.717) is 6.04 Å². The Morgan fingerprint density at radius 2 is 2.36 bits per heavy atom. The molecule has 1 heterocycles. The molecule has 0 unspecified atom stereocenters. The van der Waals surface area contributed by atoms with Crippen molar-refractivity contribution in [3.05, 3.63) is 24.0 Å². The summed E-state index contributed by atoms with van der Waals surface area (Å²) < 4.78 is 2.03. The van der Waals surface area contributed by atoms with E-state index >= 15 is 0 Å². The van der Waals surface area contributed by atoms with Crippen LogP contribution in [0.25, 0.3) is 0 Å². The molecule has 0 aromatic carbocycles. The third kappa shape index (κ3) is 1.61. The number of hydrogen-bond acceptors (Lipinski definition) is 2. The van der Waals surface area contributed by atoms with Crippen molar-refractivity contribution in [2.75, 3.05) is 0 Å². The monoisotopic (exact) mass is 152 g/mol. The molecule has 0 atom stereocenters. The molecule has 0 saturated heterocycles. The zero-order chi connectivity index (χ0) is 8.27. The minimum absolute atomic E-state index is 0.401. The van der Waals surface area contributed by atoms with Crippen molar-refractivity contribution < 1.29 is 5.21 Å². The lowest BCUT2D eigenvalue weighted by molar-refractivity contribution is 0.321. The van der Waals surface area contributed by atoms with E-state index in [2.05, 4.69) is 19.0 Å². The van der Waals surface area contributed by atoms with Crippen LogP contribution in [0.5, 0.6) is 0 Å². The van der Waals surface area contributed by atoms with Crippen LogP contribution in [0.3, 0.4) is 0 Å². The molecule has 1 aromatic heterocycles. The van der Waals surface area contributed by atoms with Crippen LogP contribution in [0.1, 0.15) is 25.6 Å². The van der Waals surface area contributed by atoms with Crippen LogP contribution in [0.2, 0.25) is 0 Å². The summed E-state index contributed by atoms with van der Waals surface area (Å²) in [5, 5.41) is 11.3. The van der Waals surface area contributed by atoms with E-state index in [1.54, 1.807) is 0 Å². The quantitative estimate of drug-likeness (QED) is 0.392. The van der Waals surface area contributed by atoms with Crippen LogP contribution in [0, 0.1) is 0 Å². The number of aromatic nitrogens is 1. The highest BCUT2D eigenvalue weighted by Crippen LogP contribution is 2.08. The van der Waals surface area contributed by atoms with Crippen molar-refractivity contribution in [2.24, 2.45) is 5.16 Å². The standard InChI is InChI=1S/C8H12N2O/c1-7(2)10-5-3-4-8(10)6-9-11/h3-7,11H,1-2H3. The number of hydrogen-bond donors (Lipinski definition) is 1. The molecule has 3 nitrogen and oxygen atoms in total. The highest BCUT2D eigenvalue weighted by atomic mass is 16.4. The SMILES string of the molecule is CC(C)n1cccc1C=NO. The Labute approximate surface area is 66.0 Å². The van der Waals surface area contributed by atoms with Gasteiger partial charge in [-0.25, -0.2) is 0 Å². The minimum Gasteiger partial charge on any atom is -0.411 e. The summed E-state index contributed by atoms with van der Waals surface area (Å²) in [7, 11) is 0. The zero-order valence-electron chi connectivity index (χ0n) is 6.73. The fourth-order valence-electron chi connectivity index (χ4n) is 1.05. The van der Waals surface area contributed by atoms with Gasteiger partial charge in [-0.2, -0.15) is 0 Å². The molecular formula is C8H12N2O. The summed E-state index contributed by atoms with van der Waals surface area (Å²) in [5.41, 5.74) is 0.919. The summed E-state index contributed by atoms with van der Waals surface area (Å²) in [4.78, 5) is 0. The number of nitrogens with zero attached hydrogens (tertiary/aromatic N) is 2. The van der Waals surface area contributed by atoms with Gasteiger partial charge in [0.2, 0.25) is 0 Å². The van der Waals surface area contributed by atoms with Crippen LogP contribution in [0.15, 0.2) is 23.5 Å². The maximum Gasteiger partial charge on any atom is 0.0898 e. The summed E-state index contributed by atoms with van der Waals surface area (Å²) in [6, 6.07) is 4.23. The predicted molar refractivity (Wildman–Crippen MR) is 44.2 cm³/mol. The molecule has 0 aliphatic rings. The second-order valence-electron chi connectivity index (χ2n) is 2.68. The Morgan fingerprint density at radius 1 is 1.64 bits per heavy atom. The first kappa shape index (κ1) is 7.85. The van der Waals surface area contributed by atoms with Crippen LogP contribution in [-0.2, 0) is 0 Å². The van der Waals surface area contributed by atoms with Crippen molar-refractivity contribution >= 4 is 6.21 Å². The molecule has 1 rings (SSSR count). The van der Waals surface area contributed by atoms with Crippen LogP contribution in [-0.4, -0.2) is 16.0 Å². The van der Waals surface area contributed by atoms with Crippen molar-refractivity contribution in [2.45, 2.75) is 19.9 Å². The van der Waals surface area contributed by atoms with E-state index in [4.69, 9.17) is 5.21 Å². The molecule has 3 heteroatoms. The summed E-state index contributed by atoms with van der Waals surface area (Å²) >= 11 is 0. The molecule has 0 bridgehead atoms. The molecule has 0 fully saturated rings. The molecule has 0 aliphatic heterocycles. The van der Waals surface area contributed by atoms with Crippen LogP contribution >= 0.6 is 0 Å². The van der Waals surface area contributed by atoms with Gasteiger partial charge in [-0.3, -0.25) is 0 Å². The summed E-state index contributed by atoms with van der Waals surface area (Å²) in [6.07, 6.45) is 3.39. The maximum atomic E-state index is 8.30. The van der Waals surface area contributed by atoms with Gasteiger partial charge < -0.3 is 9.77 Å². The average Bonchev–Trinajstić information content (AvgIpc) is 2.36. The number of rotatable bonds is 2. The lowest BCUT2D eigenvalue weighted by Gasteiger charge is -2.08. The normalized spacial score (nSPS) is 11.5. The van der Waals surface area contributed by atoms with E-state index in [1.807, 2.05) is 22.9 Å². The van der Waals surface area contributed by atoms with Crippen molar-refractivity contribution in [1.29, 1.82) is 0 Å². The molecule has 1 N–H and O–H groups in total. The first-order valence-electron chi connectivity index (χ1n) is 3.60. The van der Waals surface area contributed by atoms with Crippen molar-refractivity contribution in [3.8, 4) is 0 Å². The second-order valence-corrected chi connectivity index (χ2v) is 2.68. The van der Waals surface area contributed by atoms with Gasteiger partial charge in [-0.05, 0) is 26.0 Å². The van der Waals surface area contributed by atoms with Crippen LogP contribution < -0.4 is 0 Å². The average molecular weight is 152 g/mol. The number of oxime groups is 1. The Kier molecular flexibility index (Phi) is 2.31. The highest BCUT2D eigenvalue weighted by Gasteiger charge is 2.00. The molecule has 0 spiro atoms. The Bertz CT molecular complexity index is 250. The molecule has 0 aliphatic carbocycles. The van der Waals surface area contributed by atoms with E-state index in [9.17, 15) is 0 Å². The van der Waals surface area contributed by atoms with E-state index in [0.717, 1.165) is 5.69 Å². The Morgan fingerprint density at radius 3 is 2.91 bits per heavy atom. The van der Waals surface area contributed by atoms with Gasteiger partial charge in [0.15, 0.2) is 0 Å². The highest BCUT2D eigenvalue weighted by molar-refractivity contribution is 5.76. The fraction of sp³-hybridized carbons (Fsp3) is 0.375. The Hall–Kier alpha value is -1.25. The largest absolute Gasteiger partial charge is 0.411 e. The van der Waals surface area contributed by atoms with E-state index in [1.165, 1.54) is 6.21 Å². The second kappa shape index (κ2) is 3.23. The minimum atomic E-state index is 0.401. The van der Waals surface area contributed by atoms with Gasteiger partial charge >= 0.3 is 0 Å². The lowest BCUT2D eigenvalue weighted by atomic mass is 10.3. The topological polar surface area (TPSA) is 37.5 Å². The van der Waals surface area contributed by atoms with Gasteiger partial charge in [0.1, 0.15) is 0 Å². The first-order valence-corrected chi connectivity index (χ1v) is 3.60. The van der Waals surface area contributed by atoms with Gasteiger partial charge in [0, 0.05) is 12.2 Å². The lowest BCUT2D eigenvalue weighted by Crippen LogP contribution is -2.02. The third-order valence-electron chi connectivity index (χ3n) is 1.56. The van der Waals surface area contributed by atoms with Crippen molar-refractivity contribution in [1.82, 2.24) is 4.57 Å². The van der Waals surface area contributed by atoms with Gasteiger partial charge in [-0.15, -0.1) is 0 Å². The van der Waals surface area contributed by atoms with Gasteiger partial charge in [-0.1, -0.05) is 5.16 Å². The molecule has 0 amide bonds. The van der Waals surface area contributed by atoms with E-state index in [-0.39, 0.29) is 0 Å². The summed E-state index contributed by atoms with van der Waals surface area (Å²) in [5.74, 6) is 0. The smallest absolute Gasteiger partial charge is 0.0898 e. The van der Waals surface area contributed by atoms with Gasteiger partial charge in [0.25, 0.3) is 0 Å². The van der Waals surface area contributed by atoms with Gasteiger partial charge in [0.05, 0.1) is 11.9 Å². The molecule has 1 aromatic rings. The fourth-order valence-corrected chi connectivity index (χ4v) is 1.05. The van der Waals surface area contributed by atoms with Crippen LogP contribution in [0.4, 0.5) is 0 Å². The first-order chi connectivity index (χ1) is 5.25. The molecule has 0 radical (unpaired) electrons. The predicted octanol–water partition coefficient (Wildman–Crippen LogP) is 1.88. The zero-order valence-corrected chi connectivity index (χ0v) is 6.73. The molecule has 60 valence electrons. The molecule has 11 heavy (non-hydrogen) atoms. The Balaban J connectivity index is 2.96. The third-order valence-corrected chi connectivity index (χ3v) is 1.56. The summed E-state index contributed by atoms with van der Waals surface area (Å²) in [6.45, 7) is 4.16. The molecular weight excluding hydrogens is 140 g/mol. The van der Waals surface area contributed by atoms with Crippen molar-refractivity contribution in [3.63, 3.8) is 0 Å². The van der Waals surface area contributed by atoms with E-state index < -0.39 is 0 Å². The molecule has 0 saturated carbocycles. The maximum absolute atomic E-state index is 8.30.